The minimum absolute atomic E-state index is 0.0455. The van der Waals surface area contributed by atoms with E-state index in [4.69, 9.17) is 11.5 Å². The lowest BCUT2D eigenvalue weighted by molar-refractivity contribution is -0.142. The zero-order valence-electron chi connectivity index (χ0n) is 20.5. The highest BCUT2D eigenvalue weighted by atomic mass is 16.4. The summed E-state index contributed by atoms with van der Waals surface area (Å²) in [5.74, 6) is -4.83. The van der Waals surface area contributed by atoms with Gasteiger partial charge in [-0.05, 0) is 11.8 Å². The van der Waals surface area contributed by atoms with Gasteiger partial charge in [0.25, 0.3) is 0 Å². The number of nitrogens with one attached hydrogen (secondary N) is 4. The average Bonchev–Trinajstić information content (AvgIpc) is 3.32. The molecule has 196 valence electrons. The number of aliphatic carboxylic acids is 1. The second-order valence-electron chi connectivity index (χ2n) is 8.70. The summed E-state index contributed by atoms with van der Waals surface area (Å²) in [4.78, 5) is 68.4. The summed E-state index contributed by atoms with van der Waals surface area (Å²) in [6.07, 6.45) is 3.38. The molecule has 0 saturated carbocycles. The topological polar surface area (TPSA) is 222 Å². The summed E-state index contributed by atoms with van der Waals surface area (Å²) in [7, 11) is 0. The molecule has 1 aromatic heterocycles. The Morgan fingerprint density at radius 3 is 2.06 bits per heavy atom. The number of aromatic amines is 1. The molecule has 35 heavy (non-hydrogen) atoms. The van der Waals surface area contributed by atoms with Crippen LogP contribution in [-0.4, -0.2) is 68.8 Å². The van der Waals surface area contributed by atoms with Crippen molar-refractivity contribution in [1.29, 1.82) is 0 Å². The van der Waals surface area contributed by atoms with Gasteiger partial charge in [-0.1, -0.05) is 40.5 Å². The molecule has 0 spiro atoms. The van der Waals surface area contributed by atoms with Crippen molar-refractivity contribution in [3.8, 4) is 0 Å². The number of carbonyl (C=O) groups is 5. The largest absolute Gasteiger partial charge is 0.480 e. The van der Waals surface area contributed by atoms with Crippen LogP contribution in [0.1, 0.15) is 52.7 Å². The van der Waals surface area contributed by atoms with Gasteiger partial charge in [0.1, 0.15) is 18.1 Å². The maximum Gasteiger partial charge on any atom is 0.326 e. The minimum atomic E-state index is -1.35. The molecule has 13 heteroatoms. The molecular weight excluding hydrogens is 458 g/mol. The molecule has 1 aromatic rings. The number of aromatic nitrogens is 2. The van der Waals surface area contributed by atoms with Gasteiger partial charge in [-0.25, -0.2) is 9.78 Å². The lowest BCUT2D eigenvalue weighted by atomic mass is 9.96. The lowest BCUT2D eigenvalue weighted by Gasteiger charge is -2.28. The molecule has 9 N–H and O–H groups in total. The summed E-state index contributed by atoms with van der Waals surface area (Å²) in [5.41, 5.74) is 11.7. The second kappa shape index (κ2) is 14.0. The highest BCUT2D eigenvalue weighted by Crippen LogP contribution is 2.11. The number of amides is 4. The quantitative estimate of drug-likeness (QED) is 0.156. The van der Waals surface area contributed by atoms with Crippen LogP contribution in [0.15, 0.2) is 12.5 Å². The Morgan fingerprint density at radius 2 is 1.57 bits per heavy atom. The molecule has 6 atom stereocenters. The van der Waals surface area contributed by atoms with Crippen LogP contribution in [0, 0.1) is 11.8 Å². The number of nitrogens with two attached hydrogens (primary N) is 2. The van der Waals surface area contributed by atoms with Gasteiger partial charge in [0, 0.05) is 18.3 Å². The monoisotopic (exact) mass is 495 g/mol. The Kier molecular flexibility index (Phi) is 11.9. The first-order valence-electron chi connectivity index (χ1n) is 11.6. The van der Waals surface area contributed by atoms with Crippen molar-refractivity contribution < 1.29 is 29.1 Å². The van der Waals surface area contributed by atoms with Crippen LogP contribution in [0.25, 0.3) is 0 Å². The Balaban J connectivity index is 3.03. The highest BCUT2D eigenvalue weighted by molar-refractivity contribution is 5.96. The van der Waals surface area contributed by atoms with Crippen LogP contribution >= 0.6 is 0 Å². The first-order valence-corrected chi connectivity index (χ1v) is 11.6. The number of carboxylic acids is 1. The number of rotatable bonds is 15. The predicted octanol–water partition coefficient (Wildman–Crippen LogP) is -1.21. The molecule has 0 aliphatic heterocycles. The number of carboxylic acid groups (broad SMARTS) is 1. The Labute approximate surface area is 204 Å². The van der Waals surface area contributed by atoms with E-state index in [1.54, 1.807) is 20.8 Å². The van der Waals surface area contributed by atoms with Gasteiger partial charge in [-0.15, -0.1) is 0 Å². The smallest absolute Gasteiger partial charge is 0.326 e. The zero-order chi connectivity index (χ0) is 26.7. The third-order valence-corrected chi connectivity index (χ3v) is 5.98. The number of hydrogen-bond donors (Lipinski definition) is 7. The van der Waals surface area contributed by atoms with Gasteiger partial charge in [0.15, 0.2) is 0 Å². The average molecular weight is 496 g/mol. The molecule has 4 amide bonds. The second-order valence-corrected chi connectivity index (χ2v) is 8.70. The van der Waals surface area contributed by atoms with E-state index in [-0.39, 0.29) is 12.3 Å². The maximum absolute atomic E-state index is 13.0. The molecule has 0 saturated heterocycles. The Hall–Kier alpha value is -3.48. The van der Waals surface area contributed by atoms with E-state index in [2.05, 4.69) is 25.9 Å². The van der Waals surface area contributed by atoms with Gasteiger partial charge >= 0.3 is 5.97 Å². The molecular formula is C22H37N7O6. The third-order valence-electron chi connectivity index (χ3n) is 5.98. The van der Waals surface area contributed by atoms with Crippen LogP contribution in [0.4, 0.5) is 0 Å². The summed E-state index contributed by atoms with van der Waals surface area (Å²) in [6, 6.07) is -4.67. The summed E-state index contributed by atoms with van der Waals surface area (Å²) in [5, 5.41) is 16.9. The van der Waals surface area contributed by atoms with Gasteiger partial charge in [-0.3, -0.25) is 19.2 Å². The third kappa shape index (κ3) is 9.35. The first kappa shape index (κ1) is 29.6. The number of H-pyrrole nitrogens is 1. The molecule has 0 fully saturated rings. The number of carbonyl (C=O) groups excluding carboxylic acids is 4. The SMILES string of the molecule is CCC(C)C(N)C(=O)NC(CC(N)=O)C(=O)NC(C(=O)NC(Cc1cnc[nH]1)C(=O)O)C(C)CC. The molecule has 0 bridgehead atoms. The van der Waals surface area contributed by atoms with Crippen molar-refractivity contribution in [2.24, 2.45) is 23.3 Å². The normalized spacial score (nSPS) is 16.1. The van der Waals surface area contributed by atoms with Crippen LogP contribution in [-0.2, 0) is 30.4 Å². The van der Waals surface area contributed by atoms with Crippen molar-refractivity contribution in [1.82, 2.24) is 25.9 Å². The zero-order valence-corrected chi connectivity index (χ0v) is 20.5. The molecule has 0 radical (unpaired) electrons. The van der Waals surface area contributed by atoms with E-state index in [1.807, 2.05) is 6.92 Å². The van der Waals surface area contributed by atoms with Gasteiger partial charge in [-0.2, -0.15) is 0 Å². The van der Waals surface area contributed by atoms with Gasteiger partial charge < -0.3 is 37.5 Å². The fraction of sp³-hybridized carbons (Fsp3) is 0.636. The van der Waals surface area contributed by atoms with Crippen LogP contribution in [0.3, 0.4) is 0 Å². The van der Waals surface area contributed by atoms with Gasteiger partial charge in [0.2, 0.25) is 23.6 Å². The maximum atomic E-state index is 13.0. The lowest BCUT2D eigenvalue weighted by Crippen LogP contribution is -2.59. The fourth-order valence-electron chi connectivity index (χ4n) is 3.22. The van der Waals surface area contributed by atoms with Crippen LogP contribution in [0.5, 0.6) is 0 Å². The predicted molar refractivity (Wildman–Crippen MR) is 126 cm³/mol. The molecule has 13 nitrogen and oxygen atoms in total. The number of nitrogens with zero attached hydrogens (tertiary/aromatic N) is 1. The molecule has 0 aliphatic carbocycles. The van der Waals surface area contributed by atoms with E-state index >= 15 is 0 Å². The number of primary amides is 1. The summed E-state index contributed by atoms with van der Waals surface area (Å²) in [6.45, 7) is 7.14. The standard InChI is InChI=1S/C22H37N7O6/c1-5-11(3)17(24)20(32)27-14(8-16(23)30)19(31)29-18(12(4)6-2)21(33)28-15(22(34)35)7-13-9-25-10-26-13/h9-12,14-15,17-18H,5-8,24H2,1-4H3,(H2,23,30)(H,25,26)(H,27,32)(H,28,33)(H,29,31)(H,34,35). The first-order chi connectivity index (χ1) is 16.4. The van der Waals surface area contributed by atoms with Crippen molar-refractivity contribution in [2.45, 2.75) is 77.5 Å². The van der Waals surface area contributed by atoms with E-state index in [0.717, 1.165) is 0 Å². The van der Waals surface area contributed by atoms with Crippen molar-refractivity contribution >= 4 is 29.6 Å². The highest BCUT2D eigenvalue weighted by Gasteiger charge is 2.33. The van der Waals surface area contributed by atoms with Crippen LogP contribution in [0.2, 0.25) is 0 Å². The van der Waals surface area contributed by atoms with E-state index < -0.39 is 66.1 Å². The van der Waals surface area contributed by atoms with E-state index in [0.29, 0.717) is 18.5 Å². The summed E-state index contributed by atoms with van der Waals surface area (Å²) >= 11 is 0. The molecule has 0 aromatic carbocycles. The van der Waals surface area contributed by atoms with Crippen molar-refractivity contribution in [2.75, 3.05) is 0 Å². The fourth-order valence-corrected chi connectivity index (χ4v) is 3.22. The van der Waals surface area contributed by atoms with Crippen LogP contribution < -0.4 is 27.4 Å². The molecule has 1 rings (SSSR count). The number of hydrogen-bond acceptors (Lipinski definition) is 7. The minimum Gasteiger partial charge on any atom is -0.480 e. The van der Waals surface area contributed by atoms with Gasteiger partial charge in [0.05, 0.1) is 18.8 Å². The Bertz CT molecular complexity index is 876. The van der Waals surface area contributed by atoms with E-state index in [9.17, 15) is 29.1 Å². The number of imidazole rings is 1. The molecule has 1 heterocycles. The van der Waals surface area contributed by atoms with Crippen molar-refractivity contribution in [3.05, 3.63) is 18.2 Å². The van der Waals surface area contributed by atoms with E-state index in [1.165, 1.54) is 12.5 Å². The molecule has 6 unspecified atom stereocenters. The molecule has 0 aliphatic rings. The summed E-state index contributed by atoms with van der Waals surface area (Å²) < 4.78 is 0. The van der Waals surface area contributed by atoms with Crippen molar-refractivity contribution in [3.63, 3.8) is 0 Å². The Morgan fingerprint density at radius 1 is 0.971 bits per heavy atom.